The quantitative estimate of drug-likeness (QED) is 0.727. The third-order valence-corrected chi connectivity index (χ3v) is 1.98. The molecule has 0 aliphatic heterocycles. The maximum Gasteiger partial charge on any atom is 0.267 e. The first-order valence-electron chi connectivity index (χ1n) is 4.56. The van der Waals surface area contributed by atoms with E-state index in [1.807, 2.05) is 17.8 Å². The van der Waals surface area contributed by atoms with Gasteiger partial charge in [0.2, 0.25) is 0 Å². The monoisotopic (exact) mass is 168 g/mol. The van der Waals surface area contributed by atoms with Gasteiger partial charge in [-0.2, -0.15) is 0 Å². The van der Waals surface area contributed by atoms with Crippen molar-refractivity contribution in [3.63, 3.8) is 0 Å². The SMILES string of the molecule is CCCCn1cc(CC)c(=O)[nH]1. The van der Waals surface area contributed by atoms with Crippen LogP contribution < -0.4 is 5.56 Å². The second-order valence-corrected chi connectivity index (χ2v) is 3.00. The van der Waals surface area contributed by atoms with Crippen LogP contribution in [0.5, 0.6) is 0 Å². The van der Waals surface area contributed by atoms with Gasteiger partial charge in [0.05, 0.1) is 0 Å². The third kappa shape index (κ3) is 2.00. The van der Waals surface area contributed by atoms with Crippen molar-refractivity contribution < 1.29 is 0 Å². The van der Waals surface area contributed by atoms with Crippen LogP contribution in [0.1, 0.15) is 32.3 Å². The van der Waals surface area contributed by atoms with Gasteiger partial charge in [0, 0.05) is 18.3 Å². The molecule has 1 heterocycles. The molecule has 3 heteroatoms. The Morgan fingerprint density at radius 1 is 1.50 bits per heavy atom. The maximum absolute atomic E-state index is 11.2. The predicted molar refractivity (Wildman–Crippen MR) is 49.3 cm³/mol. The number of nitrogens with zero attached hydrogens (tertiary/aromatic N) is 1. The van der Waals surface area contributed by atoms with E-state index in [4.69, 9.17) is 0 Å². The van der Waals surface area contributed by atoms with Crippen LogP contribution in [-0.2, 0) is 13.0 Å². The standard InChI is InChI=1S/C9H16N2O/c1-3-5-6-11-7-8(4-2)9(12)10-11/h7H,3-6H2,1-2H3,(H,10,12). The molecule has 0 radical (unpaired) electrons. The van der Waals surface area contributed by atoms with Gasteiger partial charge in [-0.15, -0.1) is 0 Å². The number of aryl methyl sites for hydroxylation is 2. The smallest absolute Gasteiger partial charge is 0.267 e. The largest absolute Gasteiger partial charge is 0.292 e. The molecule has 1 rings (SSSR count). The lowest BCUT2D eigenvalue weighted by Crippen LogP contribution is -2.07. The second-order valence-electron chi connectivity index (χ2n) is 3.00. The summed E-state index contributed by atoms with van der Waals surface area (Å²) in [6.45, 7) is 5.06. The molecule has 0 amide bonds. The van der Waals surface area contributed by atoms with Crippen molar-refractivity contribution in [1.82, 2.24) is 9.78 Å². The van der Waals surface area contributed by atoms with Gasteiger partial charge in [-0.1, -0.05) is 20.3 Å². The number of H-pyrrole nitrogens is 1. The van der Waals surface area contributed by atoms with Gasteiger partial charge in [-0.3, -0.25) is 14.6 Å². The van der Waals surface area contributed by atoms with E-state index < -0.39 is 0 Å². The van der Waals surface area contributed by atoms with Gasteiger partial charge in [-0.25, -0.2) is 0 Å². The molecule has 1 aromatic heterocycles. The van der Waals surface area contributed by atoms with Crippen molar-refractivity contribution in [3.8, 4) is 0 Å². The van der Waals surface area contributed by atoms with E-state index in [1.165, 1.54) is 0 Å². The van der Waals surface area contributed by atoms with Gasteiger partial charge in [0.1, 0.15) is 0 Å². The van der Waals surface area contributed by atoms with Crippen molar-refractivity contribution in [3.05, 3.63) is 22.1 Å². The molecule has 0 bridgehead atoms. The average molecular weight is 168 g/mol. The molecule has 12 heavy (non-hydrogen) atoms. The third-order valence-electron chi connectivity index (χ3n) is 1.98. The molecule has 1 N–H and O–H groups in total. The summed E-state index contributed by atoms with van der Waals surface area (Å²) in [5.41, 5.74) is 0.944. The molecule has 0 unspecified atom stereocenters. The van der Waals surface area contributed by atoms with Crippen molar-refractivity contribution >= 4 is 0 Å². The van der Waals surface area contributed by atoms with Crippen molar-refractivity contribution in [2.75, 3.05) is 0 Å². The predicted octanol–water partition coefficient (Wildman–Crippen LogP) is 1.54. The van der Waals surface area contributed by atoms with E-state index in [0.717, 1.165) is 31.4 Å². The average Bonchev–Trinajstić information content (AvgIpc) is 2.43. The van der Waals surface area contributed by atoms with E-state index in [2.05, 4.69) is 12.0 Å². The number of rotatable bonds is 4. The van der Waals surface area contributed by atoms with Crippen LogP contribution in [0, 0.1) is 0 Å². The van der Waals surface area contributed by atoms with Gasteiger partial charge in [-0.05, 0) is 12.8 Å². The Morgan fingerprint density at radius 3 is 2.75 bits per heavy atom. The van der Waals surface area contributed by atoms with Crippen LogP contribution >= 0.6 is 0 Å². The Kier molecular flexibility index (Phi) is 3.14. The summed E-state index contributed by atoms with van der Waals surface area (Å²) in [5, 5.41) is 2.79. The molecular formula is C9H16N2O. The molecule has 1 aromatic rings. The highest BCUT2D eigenvalue weighted by Gasteiger charge is 1.99. The van der Waals surface area contributed by atoms with Crippen LogP contribution in [0.15, 0.2) is 11.0 Å². The fourth-order valence-corrected chi connectivity index (χ4v) is 1.18. The lowest BCUT2D eigenvalue weighted by Gasteiger charge is -1.97. The number of hydrogen-bond donors (Lipinski definition) is 1. The molecule has 0 aromatic carbocycles. The van der Waals surface area contributed by atoms with E-state index in [9.17, 15) is 4.79 Å². The molecule has 0 saturated carbocycles. The van der Waals surface area contributed by atoms with Crippen LogP contribution in [0.25, 0.3) is 0 Å². The first-order chi connectivity index (χ1) is 5.77. The second kappa shape index (κ2) is 4.14. The zero-order valence-corrected chi connectivity index (χ0v) is 7.76. The Labute approximate surface area is 72.4 Å². The highest BCUT2D eigenvalue weighted by Crippen LogP contribution is 1.95. The lowest BCUT2D eigenvalue weighted by atomic mass is 10.3. The zero-order chi connectivity index (χ0) is 8.97. The summed E-state index contributed by atoms with van der Waals surface area (Å²) in [4.78, 5) is 11.2. The van der Waals surface area contributed by atoms with Crippen molar-refractivity contribution in [1.29, 1.82) is 0 Å². The fourth-order valence-electron chi connectivity index (χ4n) is 1.18. The molecule has 0 saturated heterocycles. The van der Waals surface area contributed by atoms with Gasteiger partial charge < -0.3 is 0 Å². The molecule has 3 nitrogen and oxygen atoms in total. The summed E-state index contributed by atoms with van der Waals surface area (Å²) in [6.07, 6.45) is 5.00. The Hall–Kier alpha value is -0.990. The highest BCUT2D eigenvalue weighted by molar-refractivity contribution is 5.03. The number of unbranched alkanes of at least 4 members (excludes halogenated alkanes) is 1. The van der Waals surface area contributed by atoms with E-state index in [-0.39, 0.29) is 5.56 Å². The Bertz CT molecular complexity index is 285. The summed E-state index contributed by atoms with van der Waals surface area (Å²) in [5.74, 6) is 0. The Morgan fingerprint density at radius 2 is 2.25 bits per heavy atom. The minimum absolute atomic E-state index is 0.0635. The van der Waals surface area contributed by atoms with Crippen molar-refractivity contribution in [2.24, 2.45) is 0 Å². The topological polar surface area (TPSA) is 37.8 Å². The van der Waals surface area contributed by atoms with Crippen molar-refractivity contribution in [2.45, 2.75) is 39.7 Å². The van der Waals surface area contributed by atoms with Gasteiger partial charge in [0.25, 0.3) is 5.56 Å². The molecule has 0 aliphatic rings. The fraction of sp³-hybridized carbons (Fsp3) is 0.667. The molecular weight excluding hydrogens is 152 g/mol. The van der Waals surface area contributed by atoms with Gasteiger partial charge in [0.15, 0.2) is 0 Å². The van der Waals surface area contributed by atoms with Crippen LogP contribution in [-0.4, -0.2) is 9.78 Å². The number of aromatic amines is 1. The summed E-state index contributed by atoms with van der Waals surface area (Å²) in [6, 6.07) is 0. The molecule has 68 valence electrons. The molecule has 0 aliphatic carbocycles. The van der Waals surface area contributed by atoms with Gasteiger partial charge >= 0.3 is 0 Å². The number of hydrogen-bond acceptors (Lipinski definition) is 1. The van der Waals surface area contributed by atoms with E-state index in [1.54, 1.807) is 0 Å². The molecule has 0 atom stereocenters. The minimum atomic E-state index is 0.0635. The molecule has 0 fully saturated rings. The summed E-state index contributed by atoms with van der Waals surface area (Å²) >= 11 is 0. The van der Waals surface area contributed by atoms with E-state index >= 15 is 0 Å². The minimum Gasteiger partial charge on any atom is -0.292 e. The first-order valence-corrected chi connectivity index (χ1v) is 4.56. The van der Waals surface area contributed by atoms with E-state index in [0.29, 0.717) is 0 Å². The Balaban J connectivity index is 2.69. The summed E-state index contributed by atoms with van der Waals surface area (Å²) in [7, 11) is 0. The van der Waals surface area contributed by atoms with Crippen LogP contribution in [0.3, 0.4) is 0 Å². The summed E-state index contributed by atoms with van der Waals surface area (Å²) < 4.78 is 1.88. The zero-order valence-electron chi connectivity index (χ0n) is 7.76. The lowest BCUT2D eigenvalue weighted by molar-refractivity contribution is 0.567. The van der Waals surface area contributed by atoms with Crippen LogP contribution in [0.4, 0.5) is 0 Å². The number of aromatic nitrogens is 2. The first kappa shape index (κ1) is 9.10. The normalized spacial score (nSPS) is 10.5. The maximum atomic E-state index is 11.2. The highest BCUT2D eigenvalue weighted by atomic mass is 16.1. The molecule has 0 spiro atoms. The van der Waals surface area contributed by atoms with Crippen LogP contribution in [0.2, 0.25) is 0 Å². The number of nitrogens with one attached hydrogen (secondary N) is 1.